The van der Waals surface area contributed by atoms with E-state index in [4.69, 9.17) is 16.0 Å². The third-order valence-electron chi connectivity index (χ3n) is 4.58. The second-order valence-electron chi connectivity index (χ2n) is 7.92. The molecule has 0 atom stereocenters. The van der Waals surface area contributed by atoms with Gasteiger partial charge in [0, 0.05) is 16.1 Å². The van der Waals surface area contributed by atoms with Gasteiger partial charge in [0.15, 0.2) is 0 Å². The molecule has 1 heterocycles. The first-order valence-electron chi connectivity index (χ1n) is 8.64. The molecule has 0 aliphatic carbocycles. The minimum atomic E-state index is 0.0409. The lowest BCUT2D eigenvalue weighted by Crippen LogP contribution is -2.10. The van der Waals surface area contributed by atoms with Gasteiger partial charge in [0.05, 0.1) is 0 Å². The average Bonchev–Trinajstić information content (AvgIpc) is 2.94. The van der Waals surface area contributed by atoms with Gasteiger partial charge in [0.2, 0.25) is 0 Å². The Morgan fingerprint density at radius 2 is 1.40 bits per heavy atom. The van der Waals surface area contributed by atoms with Crippen molar-refractivity contribution >= 4 is 11.6 Å². The molecule has 25 heavy (non-hydrogen) atoms. The predicted molar refractivity (Wildman–Crippen MR) is 108 cm³/mol. The van der Waals surface area contributed by atoms with Crippen LogP contribution in [0.1, 0.15) is 43.0 Å². The van der Waals surface area contributed by atoms with Crippen LogP contribution < -0.4 is 0 Å². The SMILES string of the molecule is Cc1cc(C)c(-c2ccc(-c3cc(Cl)cc(C(C)(C)C)c3)o2)c(C)c1. The summed E-state index contributed by atoms with van der Waals surface area (Å²) in [7, 11) is 0. The van der Waals surface area contributed by atoms with E-state index < -0.39 is 0 Å². The summed E-state index contributed by atoms with van der Waals surface area (Å²) in [6, 6.07) is 14.6. The van der Waals surface area contributed by atoms with Gasteiger partial charge < -0.3 is 4.42 Å². The third kappa shape index (κ3) is 3.67. The Bertz CT molecular complexity index is 903. The van der Waals surface area contributed by atoms with Gasteiger partial charge in [0.25, 0.3) is 0 Å². The molecule has 0 bridgehead atoms. The Morgan fingerprint density at radius 3 is 2.00 bits per heavy atom. The van der Waals surface area contributed by atoms with Crippen LogP contribution >= 0.6 is 11.6 Å². The molecule has 2 heteroatoms. The number of rotatable bonds is 2. The van der Waals surface area contributed by atoms with Gasteiger partial charge in [0.1, 0.15) is 11.5 Å². The second-order valence-corrected chi connectivity index (χ2v) is 8.35. The van der Waals surface area contributed by atoms with Crippen LogP contribution in [-0.4, -0.2) is 0 Å². The highest BCUT2D eigenvalue weighted by atomic mass is 35.5. The van der Waals surface area contributed by atoms with Gasteiger partial charge in [-0.3, -0.25) is 0 Å². The van der Waals surface area contributed by atoms with Gasteiger partial charge >= 0.3 is 0 Å². The first kappa shape index (κ1) is 17.8. The quantitative estimate of drug-likeness (QED) is 0.465. The van der Waals surface area contributed by atoms with Crippen molar-refractivity contribution in [2.75, 3.05) is 0 Å². The van der Waals surface area contributed by atoms with Crippen LogP contribution in [0.3, 0.4) is 0 Å². The molecule has 0 fully saturated rings. The summed E-state index contributed by atoms with van der Waals surface area (Å²) in [4.78, 5) is 0. The van der Waals surface area contributed by atoms with Crippen molar-refractivity contribution in [2.45, 2.75) is 47.0 Å². The number of halogens is 1. The molecule has 0 N–H and O–H groups in total. The van der Waals surface area contributed by atoms with E-state index in [-0.39, 0.29) is 5.41 Å². The van der Waals surface area contributed by atoms with Crippen molar-refractivity contribution in [2.24, 2.45) is 0 Å². The fourth-order valence-electron chi connectivity index (χ4n) is 3.36. The van der Waals surface area contributed by atoms with Gasteiger partial charge in [-0.15, -0.1) is 0 Å². The van der Waals surface area contributed by atoms with Crippen molar-refractivity contribution in [3.63, 3.8) is 0 Å². The molecule has 0 amide bonds. The third-order valence-corrected chi connectivity index (χ3v) is 4.80. The number of hydrogen-bond donors (Lipinski definition) is 0. The molecule has 0 spiro atoms. The van der Waals surface area contributed by atoms with E-state index in [1.807, 2.05) is 18.2 Å². The monoisotopic (exact) mass is 352 g/mol. The van der Waals surface area contributed by atoms with Gasteiger partial charge in [-0.1, -0.05) is 50.1 Å². The summed E-state index contributed by atoms with van der Waals surface area (Å²) in [6.07, 6.45) is 0. The van der Waals surface area contributed by atoms with E-state index in [0.29, 0.717) is 0 Å². The summed E-state index contributed by atoms with van der Waals surface area (Å²) >= 11 is 6.36. The molecule has 1 nitrogen and oxygen atoms in total. The van der Waals surface area contributed by atoms with Crippen LogP contribution in [-0.2, 0) is 5.41 Å². The number of aryl methyl sites for hydroxylation is 3. The molecule has 2 aromatic carbocycles. The zero-order valence-corrected chi connectivity index (χ0v) is 16.6. The van der Waals surface area contributed by atoms with Crippen molar-refractivity contribution in [3.05, 3.63) is 69.7 Å². The topological polar surface area (TPSA) is 13.1 Å². The standard InChI is InChI=1S/C23H25ClO/c1-14-9-15(2)22(16(3)10-14)21-8-7-20(25-21)17-11-18(23(4,5)6)13-19(24)12-17/h7-13H,1-6H3. The van der Waals surface area contributed by atoms with E-state index >= 15 is 0 Å². The molecule has 0 aliphatic rings. The van der Waals surface area contributed by atoms with Crippen molar-refractivity contribution < 1.29 is 4.42 Å². The Morgan fingerprint density at radius 1 is 0.800 bits per heavy atom. The van der Waals surface area contributed by atoms with Crippen molar-refractivity contribution in [1.82, 2.24) is 0 Å². The lowest BCUT2D eigenvalue weighted by atomic mass is 9.86. The van der Waals surface area contributed by atoms with E-state index in [1.165, 1.54) is 27.8 Å². The van der Waals surface area contributed by atoms with Gasteiger partial charge in [-0.05, 0) is 73.2 Å². The van der Waals surface area contributed by atoms with Crippen LogP contribution in [0, 0.1) is 20.8 Å². The Labute approximate surface area is 155 Å². The maximum atomic E-state index is 6.36. The first-order chi connectivity index (χ1) is 11.6. The Hall–Kier alpha value is -1.99. The molecule has 0 aliphatic heterocycles. The smallest absolute Gasteiger partial charge is 0.135 e. The van der Waals surface area contributed by atoms with Crippen molar-refractivity contribution in [1.29, 1.82) is 0 Å². The zero-order chi connectivity index (χ0) is 18.4. The highest BCUT2D eigenvalue weighted by molar-refractivity contribution is 6.31. The highest BCUT2D eigenvalue weighted by Crippen LogP contribution is 2.36. The van der Waals surface area contributed by atoms with E-state index in [0.717, 1.165) is 22.1 Å². The summed E-state index contributed by atoms with van der Waals surface area (Å²) in [6.45, 7) is 13.0. The molecule has 3 rings (SSSR count). The van der Waals surface area contributed by atoms with E-state index in [1.54, 1.807) is 0 Å². The molecule has 1 aromatic heterocycles. The fraction of sp³-hybridized carbons (Fsp3) is 0.304. The summed E-state index contributed by atoms with van der Waals surface area (Å²) in [5, 5.41) is 0.739. The molecule has 0 unspecified atom stereocenters. The molecule has 0 radical (unpaired) electrons. The molecule has 0 saturated carbocycles. The van der Waals surface area contributed by atoms with Crippen LogP contribution in [0.25, 0.3) is 22.6 Å². The van der Waals surface area contributed by atoms with E-state index in [2.05, 4.69) is 65.8 Å². The summed E-state index contributed by atoms with van der Waals surface area (Å²) < 4.78 is 6.22. The molecular weight excluding hydrogens is 328 g/mol. The van der Waals surface area contributed by atoms with Gasteiger partial charge in [-0.25, -0.2) is 0 Å². The fourth-order valence-corrected chi connectivity index (χ4v) is 3.60. The second kappa shape index (κ2) is 6.38. The molecule has 3 aromatic rings. The maximum Gasteiger partial charge on any atom is 0.135 e. The van der Waals surface area contributed by atoms with E-state index in [9.17, 15) is 0 Å². The van der Waals surface area contributed by atoms with Crippen LogP contribution in [0.15, 0.2) is 46.9 Å². The van der Waals surface area contributed by atoms with Crippen LogP contribution in [0.5, 0.6) is 0 Å². The molecular formula is C23H25ClO. The minimum Gasteiger partial charge on any atom is -0.456 e. The molecule has 0 saturated heterocycles. The average molecular weight is 353 g/mol. The predicted octanol–water partition coefficient (Wildman–Crippen LogP) is 7.49. The lowest BCUT2D eigenvalue weighted by molar-refractivity contribution is 0.586. The van der Waals surface area contributed by atoms with Crippen LogP contribution in [0.4, 0.5) is 0 Å². The Kier molecular flexibility index (Phi) is 4.55. The van der Waals surface area contributed by atoms with Gasteiger partial charge in [-0.2, -0.15) is 0 Å². The highest BCUT2D eigenvalue weighted by Gasteiger charge is 2.17. The number of furan rings is 1. The zero-order valence-electron chi connectivity index (χ0n) is 15.8. The van der Waals surface area contributed by atoms with Crippen LogP contribution in [0.2, 0.25) is 5.02 Å². The first-order valence-corrected chi connectivity index (χ1v) is 9.02. The minimum absolute atomic E-state index is 0.0409. The summed E-state index contributed by atoms with van der Waals surface area (Å²) in [5.41, 5.74) is 7.19. The largest absolute Gasteiger partial charge is 0.456 e. The normalized spacial score (nSPS) is 11.8. The molecule has 130 valence electrons. The lowest BCUT2D eigenvalue weighted by Gasteiger charge is -2.20. The summed E-state index contributed by atoms with van der Waals surface area (Å²) in [5.74, 6) is 1.75. The van der Waals surface area contributed by atoms with Crippen molar-refractivity contribution in [3.8, 4) is 22.6 Å². The number of hydrogen-bond acceptors (Lipinski definition) is 1. The Balaban J connectivity index is 2.08. The number of benzene rings is 2. The maximum absolute atomic E-state index is 6.36.